The van der Waals surface area contributed by atoms with Gasteiger partial charge in [-0.3, -0.25) is 4.79 Å². The molecular weight excluding hydrogens is 350 g/mol. The molecule has 3 heterocycles. The summed E-state index contributed by atoms with van der Waals surface area (Å²) in [4.78, 5) is 26.0. The molecule has 26 heavy (non-hydrogen) atoms. The van der Waals surface area contributed by atoms with Gasteiger partial charge in [0.15, 0.2) is 5.96 Å². The van der Waals surface area contributed by atoms with Crippen molar-refractivity contribution >= 4 is 23.2 Å². The van der Waals surface area contributed by atoms with Gasteiger partial charge < -0.3 is 19.9 Å². The van der Waals surface area contributed by atoms with Crippen LogP contribution in [0.5, 0.6) is 0 Å². The molecule has 0 aromatic carbocycles. The number of aryl methyl sites for hydroxylation is 1. The topological polar surface area (TPSA) is 70.1 Å². The first-order valence-corrected chi connectivity index (χ1v) is 10.5. The minimum absolute atomic E-state index is 0.152. The molecule has 2 saturated heterocycles. The van der Waals surface area contributed by atoms with Crippen LogP contribution >= 0.6 is 11.3 Å². The van der Waals surface area contributed by atoms with Crippen molar-refractivity contribution in [2.45, 2.75) is 45.8 Å². The molecule has 0 saturated carbocycles. The van der Waals surface area contributed by atoms with E-state index in [-0.39, 0.29) is 12.0 Å². The van der Waals surface area contributed by atoms with E-state index in [4.69, 9.17) is 9.73 Å². The highest BCUT2D eigenvalue weighted by atomic mass is 32.1. The van der Waals surface area contributed by atoms with Gasteiger partial charge in [0.1, 0.15) is 6.10 Å². The molecule has 0 bridgehead atoms. The highest BCUT2D eigenvalue weighted by molar-refractivity contribution is 7.09. The summed E-state index contributed by atoms with van der Waals surface area (Å²) in [6.07, 6.45) is 2.59. The predicted octanol–water partition coefficient (Wildman–Crippen LogP) is 1.49. The quantitative estimate of drug-likeness (QED) is 0.620. The van der Waals surface area contributed by atoms with Crippen molar-refractivity contribution in [3.05, 3.63) is 16.1 Å². The third-order valence-corrected chi connectivity index (χ3v) is 5.77. The third-order valence-electron chi connectivity index (χ3n) is 4.72. The molecule has 7 nitrogen and oxygen atoms in total. The monoisotopic (exact) mass is 379 g/mol. The van der Waals surface area contributed by atoms with Crippen molar-refractivity contribution in [3.8, 4) is 0 Å². The largest absolute Gasteiger partial charge is 0.368 e. The average Bonchev–Trinajstić information content (AvgIpc) is 3.36. The smallest absolute Gasteiger partial charge is 0.251 e. The molecule has 144 valence electrons. The van der Waals surface area contributed by atoms with Crippen LogP contribution < -0.4 is 5.32 Å². The number of aliphatic imine (C=N–C) groups is 1. The highest BCUT2D eigenvalue weighted by Gasteiger charge is 2.30. The number of ether oxygens (including phenoxy) is 1. The van der Waals surface area contributed by atoms with Crippen molar-refractivity contribution in [2.24, 2.45) is 4.99 Å². The SMILES string of the molecule is CCNC(=NCc1csc(CC)n1)N1CCN(C(=O)C2CCCO2)CC1. The lowest BCUT2D eigenvalue weighted by atomic mass is 10.2. The molecule has 1 aromatic rings. The first kappa shape index (κ1) is 19.1. The van der Waals surface area contributed by atoms with E-state index in [0.717, 1.165) is 68.6 Å². The summed E-state index contributed by atoms with van der Waals surface area (Å²) in [6, 6.07) is 0. The van der Waals surface area contributed by atoms with Crippen molar-refractivity contribution in [1.29, 1.82) is 0 Å². The normalized spacial score (nSPS) is 21.3. The fourth-order valence-corrected chi connectivity index (χ4v) is 4.02. The summed E-state index contributed by atoms with van der Waals surface area (Å²) < 4.78 is 5.53. The van der Waals surface area contributed by atoms with Gasteiger partial charge in [-0.25, -0.2) is 9.98 Å². The van der Waals surface area contributed by atoms with Crippen LogP contribution in [0, 0.1) is 0 Å². The van der Waals surface area contributed by atoms with Crippen molar-refractivity contribution in [1.82, 2.24) is 20.1 Å². The Labute approximate surface area is 159 Å². The van der Waals surface area contributed by atoms with Gasteiger partial charge in [0.25, 0.3) is 5.91 Å². The Kier molecular flexibility index (Phi) is 6.85. The molecule has 8 heteroatoms. The fourth-order valence-electron chi connectivity index (χ4n) is 3.28. The second-order valence-corrected chi connectivity index (χ2v) is 7.51. The Morgan fingerprint density at radius 3 is 2.73 bits per heavy atom. The van der Waals surface area contributed by atoms with Gasteiger partial charge in [-0.1, -0.05) is 6.92 Å². The molecule has 1 amide bonds. The van der Waals surface area contributed by atoms with Crippen LogP contribution in [0.3, 0.4) is 0 Å². The lowest BCUT2D eigenvalue weighted by Gasteiger charge is -2.37. The second kappa shape index (κ2) is 9.32. The minimum Gasteiger partial charge on any atom is -0.368 e. The van der Waals surface area contributed by atoms with Crippen LogP contribution in [0.2, 0.25) is 0 Å². The maximum absolute atomic E-state index is 12.5. The molecule has 0 spiro atoms. The molecule has 1 N–H and O–H groups in total. The Balaban J connectivity index is 1.55. The van der Waals surface area contributed by atoms with Gasteiger partial charge in [-0.2, -0.15) is 0 Å². The number of nitrogens with one attached hydrogen (secondary N) is 1. The van der Waals surface area contributed by atoms with E-state index in [1.54, 1.807) is 11.3 Å². The van der Waals surface area contributed by atoms with Gasteiger partial charge >= 0.3 is 0 Å². The molecule has 2 aliphatic heterocycles. The number of thiazole rings is 1. The Morgan fingerprint density at radius 2 is 2.12 bits per heavy atom. The van der Waals surface area contributed by atoms with Crippen molar-refractivity contribution in [3.63, 3.8) is 0 Å². The molecule has 0 radical (unpaired) electrons. The molecule has 2 fully saturated rings. The zero-order chi connectivity index (χ0) is 18.4. The molecule has 1 aromatic heterocycles. The number of guanidine groups is 1. The number of rotatable bonds is 5. The maximum atomic E-state index is 12.5. The molecule has 1 atom stereocenters. The van der Waals surface area contributed by atoms with E-state index >= 15 is 0 Å². The number of carbonyl (C=O) groups is 1. The van der Waals surface area contributed by atoms with E-state index in [9.17, 15) is 4.79 Å². The number of hydrogen-bond acceptors (Lipinski definition) is 5. The maximum Gasteiger partial charge on any atom is 0.251 e. The summed E-state index contributed by atoms with van der Waals surface area (Å²) in [5, 5.41) is 6.61. The van der Waals surface area contributed by atoms with Crippen LogP contribution in [0.1, 0.15) is 37.4 Å². The van der Waals surface area contributed by atoms with Gasteiger partial charge in [-0.05, 0) is 26.2 Å². The summed E-state index contributed by atoms with van der Waals surface area (Å²) in [5.74, 6) is 1.06. The van der Waals surface area contributed by atoms with Crippen LogP contribution in [0.4, 0.5) is 0 Å². The number of aromatic nitrogens is 1. The summed E-state index contributed by atoms with van der Waals surface area (Å²) in [6.45, 7) is 9.35. The number of nitrogens with zero attached hydrogens (tertiary/aromatic N) is 4. The van der Waals surface area contributed by atoms with Crippen molar-refractivity contribution < 1.29 is 9.53 Å². The van der Waals surface area contributed by atoms with Crippen LogP contribution in [-0.2, 0) is 22.5 Å². The van der Waals surface area contributed by atoms with Crippen LogP contribution in [-0.4, -0.2) is 72.1 Å². The zero-order valence-corrected chi connectivity index (χ0v) is 16.6. The van der Waals surface area contributed by atoms with Gasteiger partial charge in [0, 0.05) is 44.7 Å². The number of carbonyl (C=O) groups excluding carboxylic acids is 1. The van der Waals surface area contributed by atoms with Crippen LogP contribution in [0.25, 0.3) is 0 Å². The number of piperazine rings is 1. The number of amides is 1. The highest BCUT2D eigenvalue weighted by Crippen LogP contribution is 2.16. The molecule has 3 rings (SSSR count). The van der Waals surface area contributed by atoms with Gasteiger partial charge in [0.2, 0.25) is 0 Å². The number of hydrogen-bond donors (Lipinski definition) is 1. The first-order valence-electron chi connectivity index (χ1n) is 9.58. The minimum atomic E-state index is -0.221. The van der Waals surface area contributed by atoms with Gasteiger partial charge in [0.05, 0.1) is 17.2 Å². The lowest BCUT2D eigenvalue weighted by molar-refractivity contribution is -0.142. The van der Waals surface area contributed by atoms with E-state index in [2.05, 4.69) is 34.4 Å². The standard InChI is InChI=1S/C18H29N5O2S/c1-3-16-21-14(13-26-16)12-20-18(19-4-2)23-9-7-22(8-10-23)17(24)15-6-5-11-25-15/h13,15H,3-12H2,1-2H3,(H,19,20). The fraction of sp³-hybridized carbons (Fsp3) is 0.722. The molecule has 1 unspecified atom stereocenters. The summed E-state index contributed by atoms with van der Waals surface area (Å²) >= 11 is 1.70. The Hall–Kier alpha value is -1.67. The molecular formula is C18H29N5O2S. The Bertz CT molecular complexity index is 619. The van der Waals surface area contributed by atoms with Crippen molar-refractivity contribution in [2.75, 3.05) is 39.3 Å². The lowest BCUT2D eigenvalue weighted by Crippen LogP contribution is -2.55. The summed E-state index contributed by atoms with van der Waals surface area (Å²) in [7, 11) is 0. The first-order chi connectivity index (χ1) is 12.7. The predicted molar refractivity (Wildman–Crippen MR) is 103 cm³/mol. The Morgan fingerprint density at radius 1 is 1.35 bits per heavy atom. The zero-order valence-electron chi connectivity index (χ0n) is 15.7. The van der Waals surface area contributed by atoms with E-state index in [0.29, 0.717) is 13.2 Å². The summed E-state index contributed by atoms with van der Waals surface area (Å²) in [5.41, 5.74) is 1.02. The van der Waals surface area contributed by atoms with Gasteiger partial charge in [-0.15, -0.1) is 11.3 Å². The third kappa shape index (κ3) is 4.73. The second-order valence-electron chi connectivity index (χ2n) is 6.57. The van der Waals surface area contributed by atoms with Crippen LogP contribution in [0.15, 0.2) is 10.4 Å². The van der Waals surface area contributed by atoms with E-state index in [1.807, 2.05) is 4.90 Å². The molecule has 2 aliphatic rings. The van der Waals surface area contributed by atoms with E-state index < -0.39 is 0 Å². The van der Waals surface area contributed by atoms with E-state index in [1.165, 1.54) is 0 Å². The average molecular weight is 380 g/mol. The molecule has 0 aliphatic carbocycles.